The lowest BCUT2D eigenvalue weighted by atomic mass is 9.88. The molecule has 3 rings (SSSR count). The van der Waals surface area contributed by atoms with Gasteiger partial charge in [-0.05, 0) is 38.5 Å². The summed E-state index contributed by atoms with van der Waals surface area (Å²) >= 11 is 2.86. The van der Waals surface area contributed by atoms with Crippen molar-refractivity contribution in [3.05, 3.63) is 6.20 Å². The summed E-state index contributed by atoms with van der Waals surface area (Å²) in [6.45, 7) is 1.23. The maximum absolute atomic E-state index is 13.4. The Kier molecular flexibility index (Phi) is 10.6. The van der Waals surface area contributed by atoms with Crippen LogP contribution in [0.2, 0.25) is 0 Å². The number of carboxylic acid groups (broad SMARTS) is 1. The molecular weight excluding hydrogens is 450 g/mol. The van der Waals surface area contributed by atoms with Gasteiger partial charge >= 0.3 is 12.0 Å². The van der Waals surface area contributed by atoms with E-state index in [4.69, 9.17) is 14.6 Å². The van der Waals surface area contributed by atoms with Crippen molar-refractivity contribution in [3.63, 3.8) is 0 Å². The van der Waals surface area contributed by atoms with Crippen LogP contribution in [-0.4, -0.2) is 71.3 Å². The van der Waals surface area contributed by atoms with Crippen molar-refractivity contribution < 1.29 is 24.2 Å². The number of carbonyl (C=O) groups is 2. The van der Waals surface area contributed by atoms with Gasteiger partial charge in [0.25, 0.3) is 0 Å². The number of hydrogen-bond acceptors (Lipinski definition) is 7. The summed E-state index contributed by atoms with van der Waals surface area (Å²) in [7, 11) is 1.68. The van der Waals surface area contributed by atoms with E-state index in [9.17, 15) is 9.59 Å². The molecule has 1 heterocycles. The number of rotatable bonds is 11. The first-order valence-electron chi connectivity index (χ1n) is 11.6. The van der Waals surface area contributed by atoms with Gasteiger partial charge in [-0.2, -0.15) is 0 Å². The van der Waals surface area contributed by atoms with Gasteiger partial charge < -0.3 is 19.5 Å². The molecule has 1 aromatic heterocycles. The van der Waals surface area contributed by atoms with Crippen molar-refractivity contribution in [2.24, 2.45) is 0 Å². The molecule has 2 fully saturated rings. The van der Waals surface area contributed by atoms with Gasteiger partial charge in [0.1, 0.15) is 0 Å². The SMILES string of the molecule is COCCOC1CCC(N(C(=O)Nc2ncc(SCCC(=O)O)s2)C2CCCCC2)CC1. The first-order valence-corrected chi connectivity index (χ1v) is 13.4. The topological polar surface area (TPSA) is 101 Å². The van der Waals surface area contributed by atoms with E-state index in [1.165, 1.54) is 42.4 Å². The Hall–Kier alpha value is -1.36. The first-order chi connectivity index (χ1) is 15.6. The molecule has 2 saturated carbocycles. The van der Waals surface area contributed by atoms with Crippen molar-refractivity contribution in [1.29, 1.82) is 0 Å². The van der Waals surface area contributed by atoms with E-state index in [0.29, 0.717) is 24.1 Å². The van der Waals surface area contributed by atoms with Crippen molar-refractivity contribution in [1.82, 2.24) is 9.88 Å². The molecule has 2 aliphatic carbocycles. The van der Waals surface area contributed by atoms with Gasteiger partial charge in [0, 0.05) is 24.9 Å². The van der Waals surface area contributed by atoms with Crippen LogP contribution in [0.1, 0.15) is 64.2 Å². The van der Waals surface area contributed by atoms with Crippen LogP contribution >= 0.6 is 23.1 Å². The second-order valence-electron chi connectivity index (χ2n) is 8.40. The van der Waals surface area contributed by atoms with Gasteiger partial charge in [0.15, 0.2) is 5.13 Å². The summed E-state index contributed by atoms with van der Waals surface area (Å²) < 4.78 is 11.9. The molecule has 0 radical (unpaired) electrons. The zero-order valence-electron chi connectivity index (χ0n) is 18.8. The van der Waals surface area contributed by atoms with E-state index < -0.39 is 5.97 Å². The molecule has 2 amide bonds. The highest BCUT2D eigenvalue weighted by Crippen LogP contribution is 2.33. The standard InChI is InChI=1S/C22H35N3O5S2/c1-29-12-13-30-18-9-7-17(8-10-18)25(16-5-3-2-4-6-16)22(28)24-21-23-15-20(32-21)31-14-11-19(26)27/h15-18H,2-14H2,1H3,(H,26,27)(H,23,24,28). The molecule has 8 nitrogen and oxygen atoms in total. The van der Waals surface area contributed by atoms with Crippen molar-refractivity contribution in [2.75, 3.05) is 31.4 Å². The van der Waals surface area contributed by atoms with Gasteiger partial charge in [-0.3, -0.25) is 10.1 Å². The third-order valence-corrected chi connectivity index (χ3v) is 8.25. The number of nitrogens with zero attached hydrogens (tertiary/aromatic N) is 2. The Morgan fingerprint density at radius 3 is 2.56 bits per heavy atom. The minimum absolute atomic E-state index is 0.0583. The zero-order valence-corrected chi connectivity index (χ0v) is 20.4. The summed E-state index contributed by atoms with van der Waals surface area (Å²) in [6, 6.07) is 0.450. The van der Waals surface area contributed by atoms with Crippen LogP contribution in [0.3, 0.4) is 0 Å². The van der Waals surface area contributed by atoms with E-state index in [2.05, 4.69) is 15.2 Å². The molecule has 0 unspecified atom stereocenters. The number of ether oxygens (including phenoxy) is 2. The van der Waals surface area contributed by atoms with Crippen LogP contribution < -0.4 is 5.32 Å². The Labute approximate surface area is 198 Å². The average Bonchev–Trinajstić information content (AvgIpc) is 3.23. The molecule has 0 spiro atoms. The van der Waals surface area contributed by atoms with Crippen LogP contribution in [0.4, 0.5) is 9.93 Å². The molecule has 0 aliphatic heterocycles. The van der Waals surface area contributed by atoms with Crippen molar-refractivity contribution in [3.8, 4) is 0 Å². The molecule has 0 saturated heterocycles. The van der Waals surface area contributed by atoms with E-state index in [0.717, 1.165) is 42.7 Å². The number of methoxy groups -OCH3 is 1. The first kappa shape index (κ1) is 25.3. The Morgan fingerprint density at radius 2 is 1.88 bits per heavy atom. The molecule has 0 atom stereocenters. The maximum atomic E-state index is 13.4. The van der Waals surface area contributed by atoms with Gasteiger partial charge in [-0.25, -0.2) is 9.78 Å². The number of aliphatic carboxylic acids is 1. The number of nitrogens with one attached hydrogen (secondary N) is 1. The van der Waals surface area contributed by atoms with Gasteiger partial charge in [-0.15, -0.1) is 11.8 Å². The fourth-order valence-corrected chi connectivity index (χ4v) is 6.42. The lowest BCUT2D eigenvalue weighted by Crippen LogP contribution is -2.51. The third kappa shape index (κ3) is 7.90. The number of aromatic nitrogens is 1. The molecule has 2 aliphatic rings. The Bertz CT molecular complexity index is 718. The molecule has 2 N–H and O–H groups in total. The number of hydrogen-bond donors (Lipinski definition) is 2. The number of anilines is 1. The number of carbonyl (C=O) groups excluding carboxylic acids is 1. The zero-order chi connectivity index (χ0) is 22.8. The van der Waals surface area contributed by atoms with Crippen LogP contribution in [0, 0.1) is 0 Å². The normalized spacial score (nSPS) is 21.9. The number of urea groups is 1. The predicted molar refractivity (Wildman–Crippen MR) is 127 cm³/mol. The fraction of sp³-hybridized carbons (Fsp3) is 0.773. The number of carboxylic acids is 1. The minimum Gasteiger partial charge on any atom is -0.481 e. The van der Waals surface area contributed by atoms with E-state index in [1.54, 1.807) is 13.3 Å². The molecular formula is C22H35N3O5S2. The highest BCUT2D eigenvalue weighted by Gasteiger charge is 2.34. The van der Waals surface area contributed by atoms with E-state index in [-0.39, 0.29) is 30.6 Å². The number of thiazole rings is 1. The summed E-state index contributed by atoms with van der Waals surface area (Å²) in [4.78, 5) is 30.5. The van der Waals surface area contributed by atoms with Crippen molar-refractivity contribution >= 4 is 40.2 Å². The second kappa shape index (κ2) is 13.4. The predicted octanol–water partition coefficient (Wildman–Crippen LogP) is 4.85. The summed E-state index contributed by atoms with van der Waals surface area (Å²) in [5.41, 5.74) is 0. The van der Waals surface area contributed by atoms with Gasteiger partial charge in [0.05, 0.1) is 36.1 Å². The quantitative estimate of drug-likeness (QED) is 0.341. The van der Waals surface area contributed by atoms with Gasteiger partial charge in [0.2, 0.25) is 0 Å². The second-order valence-corrected chi connectivity index (χ2v) is 10.8. The Morgan fingerprint density at radius 1 is 1.16 bits per heavy atom. The average molecular weight is 486 g/mol. The molecule has 0 aromatic carbocycles. The monoisotopic (exact) mass is 485 g/mol. The molecule has 1 aromatic rings. The largest absolute Gasteiger partial charge is 0.481 e. The highest BCUT2D eigenvalue weighted by molar-refractivity contribution is 8.01. The number of thioether (sulfide) groups is 1. The lowest BCUT2D eigenvalue weighted by Gasteiger charge is -2.42. The van der Waals surface area contributed by atoms with Crippen LogP contribution in [0.25, 0.3) is 0 Å². The summed E-state index contributed by atoms with van der Waals surface area (Å²) in [6.07, 6.45) is 11.6. The van der Waals surface area contributed by atoms with Gasteiger partial charge in [-0.1, -0.05) is 30.6 Å². The maximum Gasteiger partial charge on any atom is 0.324 e. The minimum atomic E-state index is -0.808. The van der Waals surface area contributed by atoms with Crippen LogP contribution in [-0.2, 0) is 14.3 Å². The molecule has 0 bridgehead atoms. The van der Waals surface area contributed by atoms with E-state index >= 15 is 0 Å². The molecule has 180 valence electrons. The molecule has 32 heavy (non-hydrogen) atoms. The van der Waals surface area contributed by atoms with Crippen LogP contribution in [0.5, 0.6) is 0 Å². The smallest absolute Gasteiger partial charge is 0.324 e. The highest BCUT2D eigenvalue weighted by atomic mass is 32.2. The Balaban J connectivity index is 1.57. The third-order valence-electron chi connectivity index (χ3n) is 6.14. The van der Waals surface area contributed by atoms with Crippen LogP contribution in [0.15, 0.2) is 10.4 Å². The summed E-state index contributed by atoms with van der Waals surface area (Å²) in [5, 5.41) is 12.4. The molecule has 10 heteroatoms. The number of amides is 2. The fourth-order valence-electron chi connectivity index (χ4n) is 4.56. The lowest BCUT2D eigenvalue weighted by molar-refractivity contribution is -0.136. The van der Waals surface area contributed by atoms with E-state index in [1.807, 2.05) is 0 Å². The summed E-state index contributed by atoms with van der Waals surface area (Å²) in [5.74, 6) is -0.313. The van der Waals surface area contributed by atoms with Crippen molar-refractivity contribution in [2.45, 2.75) is 86.6 Å².